The van der Waals surface area contributed by atoms with Gasteiger partial charge < -0.3 is 13.8 Å². The molecule has 0 fully saturated rings. The zero-order chi connectivity index (χ0) is 14.3. The summed E-state index contributed by atoms with van der Waals surface area (Å²) in [7, 11) is -1.78. The fraction of sp³-hybridized carbons (Fsp3) is 0.462. The Morgan fingerprint density at radius 2 is 1.63 bits per heavy atom. The molecule has 0 heterocycles. The predicted molar refractivity (Wildman–Crippen MR) is 72.3 cm³/mol. The molecular weight excluding hydrogens is 267 g/mol. The normalized spacial score (nSPS) is 11.3. The van der Waals surface area contributed by atoms with Crippen molar-refractivity contribution in [3.8, 4) is 0 Å². The van der Waals surface area contributed by atoms with Crippen LogP contribution in [0.4, 0.5) is 0 Å². The van der Waals surface area contributed by atoms with Gasteiger partial charge in [0.2, 0.25) is 0 Å². The topological polar surface area (TPSA) is 61.8 Å². The second-order valence-corrected chi connectivity index (χ2v) is 5.85. The number of esters is 1. The first-order chi connectivity index (χ1) is 9.04. The Kier molecular flexibility index (Phi) is 6.22. The average Bonchev–Trinajstić information content (AvgIpc) is 2.39. The summed E-state index contributed by atoms with van der Waals surface area (Å²) < 4.78 is 27.4. The molecule has 1 aromatic carbocycles. The third kappa shape index (κ3) is 4.78. The highest BCUT2D eigenvalue weighted by Gasteiger charge is 2.24. The van der Waals surface area contributed by atoms with E-state index < -0.39 is 13.6 Å². The summed E-state index contributed by atoms with van der Waals surface area (Å²) in [6, 6.07) is 6.70. The van der Waals surface area contributed by atoms with Crippen LogP contribution in [0.15, 0.2) is 24.3 Å². The Bertz CT molecular complexity index is 445. The molecule has 0 atom stereocenters. The smallest absolute Gasteiger partial charge is 0.337 e. The van der Waals surface area contributed by atoms with E-state index in [9.17, 15) is 9.36 Å². The van der Waals surface area contributed by atoms with Gasteiger partial charge in [-0.05, 0) is 31.5 Å². The first-order valence-corrected chi connectivity index (χ1v) is 7.82. The molecule has 6 heteroatoms. The van der Waals surface area contributed by atoms with E-state index in [0.717, 1.165) is 5.56 Å². The summed E-state index contributed by atoms with van der Waals surface area (Å²) in [6.07, 6.45) is 0.191. The lowest BCUT2D eigenvalue weighted by Gasteiger charge is -2.16. The molecule has 0 bridgehead atoms. The number of benzene rings is 1. The standard InChI is InChI=1S/C13H19O5P/c1-4-17-19(15,18-5-2)10-11-6-8-12(9-7-11)13(14)16-3/h6-9H,4-5,10H2,1-3H3. The molecule has 0 aromatic heterocycles. The molecule has 0 aliphatic heterocycles. The summed E-state index contributed by atoms with van der Waals surface area (Å²) in [5.41, 5.74) is 1.24. The van der Waals surface area contributed by atoms with Crippen molar-refractivity contribution >= 4 is 13.6 Å². The summed E-state index contributed by atoms with van der Waals surface area (Å²) in [4.78, 5) is 11.3. The van der Waals surface area contributed by atoms with Crippen LogP contribution in [0.3, 0.4) is 0 Å². The molecule has 106 valence electrons. The molecule has 1 rings (SSSR count). The quantitative estimate of drug-likeness (QED) is 0.569. The highest BCUT2D eigenvalue weighted by Crippen LogP contribution is 2.51. The third-order valence-corrected chi connectivity index (χ3v) is 4.46. The number of rotatable bonds is 7. The lowest BCUT2D eigenvalue weighted by atomic mass is 10.1. The molecule has 0 aliphatic carbocycles. The minimum atomic E-state index is -3.10. The molecule has 1 aromatic rings. The molecule has 0 aliphatic rings. The third-order valence-electron chi connectivity index (χ3n) is 2.40. The van der Waals surface area contributed by atoms with Crippen molar-refractivity contribution in [1.29, 1.82) is 0 Å². The number of carbonyl (C=O) groups excluding carboxylic acids is 1. The van der Waals surface area contributed by atoms with Crippen LogP contribution in [0.5, 0.6) is 0 Å². The van der Waals surface area contributed by atoms with E-state index in [0.29, 0.717) is 18.8 Å². The van der Waals surface area contributed by atoms with Crippen molar-refractivity contribution in [2.75, 3.05) is 20.3 Å². The van der Waals surface area contributed by atoms with Gasteiger partial charge in [0, 0.05) is 0 Å². The Labute approximate surface area is 113 Å². The predicted octanol–water partition coefficient (Wildman–Crippen LogP) is 3.24. The SMILES string of the molecule is CCOP(=O)(Cc1ccc(C(=O)OC)cc1)OCC. The van der Waals surface area contributed by atoms with Crippen molar-refractivity contribution in [3.63, 3.8) is 0 Å². The fourth-order valence-corrected chi connectivity index (χ4v) is 3.31. The fourth-order valence-electron chi connectivity index (χ4n) is 1.61. The van der Waals surface area contributed by atoms with Gasteiger partial charge in [-0.25, -0.2) is 4.79 Å². The molecule has 0 spiro atoms. The van der Waals surface area contributed by atoms with Gasteiger partial charge in [0.15, 0.2) is 0 Å². The van der Waals surface area contributed by atoms with Crippen molar-refractivity contribution in [1.82, 2.24) is 0 Å². The van der Waals surface area contributed by atoms with Gasteiger partial charge in [-0.1, -0.05) is 12.1 Å². The maximum Gasteiger partial charge on any atom is 0.337 e. The molecule has 0 N–H and O–H groups in total. The molecule has 0 saturated heterocycles. The zero-order valence-electron chi connectivity index (χ0n) is 11.4. The summed E-state index contributed by atoms with van der Waals surface area (Å²) in [5, 5.41) is 0. The van der Waals surface area contributed by atoms with Crippen LogP contribution in [-0.2, 0) is 24.5 Å². The molecular formula is C13H19O5P. The number of hydrogen-bond acceptors (Lipinski definition) is 5. The number of ether oxygens (including phenoxy) is 1. The minimum Gasteiger partial charge on any atom is -0.465 e. The highest BCUT2D eigenvalue weighted by atomic mass is 31.2. The van der Waals surface area contributed by atoms with Crippen LogP contribution in [0.2, 0.25) is 0 Å². The lowest BCUT2D eigenvalue weighted by molar-refractivity contribution is 0.0600. The van der Waals surface area contributed by atoms with E-state index in [1.165, 1.54) is 7.11 Å². The zero-order valence-corrected chi connectivity index (χ0v) is 12.3. The van der Waals surface area contributed by atoms with Crippen LogP contribution in [-0.4, -0.2) is 26.3 Å². The second kappa shape index (κ2) is 7.43. The maximum absolute atomic E-state index is 12.3. The number of hydrogen-bond donors (Lipinski definition) is 0. The molecule has 0 saturated carbocycles. The van der Waals surface area contributed by atoms with Gasteiger partial charge in [0.05, 0.1) is 32.0 Å². The summed E-state index contributed by atoms with van der Waals surface area (Å²) in [5.74, 6) is -0.399. The largest absolute Gasteiger partial charge is 0.465 e. The monoisotopic (exact) mass is 286 g/mol. The lowest BCUT2D eigenvalue weighted by Crippen LogP contribution is -2.02. The average molecular weight is 286 g/mol. The van der Waals surface area contributed by atoms with Gasteiger partial charge in [0.1, 0.15) is 0 Å². The van der Waals surface area contributed by atoms with Gasteiger partial charge >= 0.3 is 13.6 Å². The van der Waals surface area contributed by atoms with E-state index in [1.807, 2.05) is 0 Å². The van der Waals surface area contributed by atoms with Crippen molar-refractivity contribution in [2.45, 2.75) is 20.0 Å². The molecule has 0 unspecified atom stereocenters. The second-order valence-electron chi connectivity index (χ2n) is 3.79. The van der Waals surface area contributed by atoms with Crippen LogP contribution in [0.25, 0.3) is 0 Å². The molecule has 19 heavy (non-hydrogen) atoms. The first kappa shape index (κ1) is 15.9. The Morgan fingerprint density at radius 3 is 2.05 bits per heavy atom. The summed E-state index contributed by atoms with van der Waals surface area (Å²) >= 11 is 0. The molecule has 5 nitrogen and oxygen atoms in total. The Morgan fingerprint density at radius 1 is 1.11 bits per heavy atom. The van der Waals surface area contributed by atoms with E-state index in [4.69, 9.17) is 9.05 Å². The van der Waals surface area contributed by atoms with Crippen LogP contribution in [0.1, 0.15) is 29.8 Å². The Balaban J connectivity index is 2.80. The highest BCUT2D eigenvalue weighted by molar-refractivity contribution is 7.53. The van der Waals surface area contributed by atoms with E-state index in [1.54, 1.807) is 38.1 Å². The van der Waals surface area contributed by atoms with Crippen molar-refractivity contribution in [3.05, 3.63) is 35.4 Å². The van der Waals surface area contributed by atoms with Gasteiger partial charge in [0.25, 0.3) is 0 Å². The van der Waals surface area contributed by atoms with E-state index in [-0.39, 0.29) is 6.16 Å². The maximum atomic E-state index is 12.3. The Hall–Kier alpha value is -1.16. The first-order valence-electron chi connectivity index (χ1n) is 6.10. The van der Waals surface area contributed by atoms with Crippen molar-refractivity contribution < 1.29 is 23.1 Å². The van der Waals surface area contributed by atoms with Gasteiger partial charge in [-0.2, -0.15) is 0 Å². The van der Waals surface area contributed by atoms with E-state index in [2.05, 4.69) is 4.74 Å². The molecule has 0 radical (unpaired) electrons. The number of methoxy groups -OCH3 is 1. The minimum absolute atomic E-state index is 0.191. The number of carbonyl (C=O) groups is 1. The van der Waals surface area contributed by atoms with Crippen LogP contribution in [0, 0.1) is 0 Å². The van der Waals surface area contributed by atoms with Crippen LogP contribution >= 0.6 is 7.60 Å². The van der Waals surface area contributed by atoms with Crippen molar-refractivity contribution in [2.24, 2.45) is 0 Å². The van der Waals surface area contributed by atoms with Gasteiger partial charge in [-0.15, -0.1) is 0 Å². The van der Waals surface area contributed by atoms with Crippen LogP contribution < -0.4 is 0 Å². The van der Waals surface area contributed by atoms with E-state index >= 15 is 0 Å². The van der Waals surface area contributed by atoms with Gasteiger partial charge in [-0.3, -0.25) is 4.57 Å². The molecule has 0 amide bonds. The summed E-state index contributed by atoms with van der Waals surface area (Å²) in [6.45, 7) is 4.20.